The van der Waals surface area contributed by atoms with Crippen LogP contribution in [0, 0.1) is 13.8 Å². The molecular formula is C110H110O21. The highest BCUT2D eigenvalue weighted by Gasteiger charge is 2.32. The van der Waals surface area contributed by atoms with E-state index in [2.05, 4.69) is 93.9 Å². The minimum Gasteiger partial charge on any atom is -0.497 e. The van der Waals surface area contributed by atoms with E-state index in [9.17, 15) is 44.4 Å². The molecule has 0 saturated carbocycles. The molecule has 12 aromatic rings. The van der Waals surface area contributed by atoms with Crippen molar-refractivity contribution in [2.24, 2.45) is 0 Å². The Balaban J connectivity index is 0.000000253. The zero-order valence-corrected chi connectivity index (χ0v) is 74.8. The Morgan fingerprint density at radius 3 is 0.656 bits per heavy atom. The Labute approximate surface area is 765 Å². The molecule has 21 heteroatoms. The van der Waals surface area contributed by atoms with Gasteiger partial charge in [-0.25, -0.2) is 19.2 Å². The molecule has 0 radical (unpaired) electrons. The number of esters is 4. The number of carbonyl (C=O) groups is 5. The van der Waals surface area contributed by atoms with Crippen LogP contribution in [-0.4, -0.2) is 142 Å². The van der Waals surface area contributed by atoms with Crippen LogP contribution in [0.2, 0.25) is 0 Å². The van der Waals surface area contributed by atoms with E-state index in [0.29, 0.717) is 57.1 Å². The van der Waals surface area contributed by atoms with Gasteiger partial charge in [0.1, 0.15) is 135 Å². The van der Waals surface area contributed by atoms with Gasteiger partial charge in [-0.2, -0.15) is 0 Å². The molecule has 8 unspecified atom stereocenters. The van der Waals surface area contributed by atoms with Gasteiger partial charge in [0.15, 0.2) is 5.78 Å². The van der Waals surface area contributed by atoms with E-state index in [-0.39, 0.29) is 105 Å². The summed E-state index contributed by atoms with van der Waals surface area (Å²) < 4.78 is 67.5. The Bertz CT molecular complexity index is 5760. The predicted molar refractivity (Wildman–Crippen MR) is 503 cm³/mol. The molecule has 0 aliphatic carbocycles. The van der Waals surface area contributed by atoms with Crippen LogP contribution in [0.1, 0.15) is 134 Å². The molecule has 0 aliphatic heterocycles. The first-order chi connectivity index (χ1) is 63.1. The summed E-state index contributed by atoms with van der Waals surface area (Å²) in [5.41, 5.74) is 14.8. The van der Waals surface area contributed by atoms with Gasteiger partial charge >= 0.3 is 23.9 Å². The van der Waals surface area contributed by atoms with Crippen LogP contribution in [0.25, 0.3) is 0 Å². The second-order valence-electron chi connectivity index (χ2n) is 32.0. The van der Waals surface area contributed by atoms with Crippen molar-refractivity contribution in [2.75, 3.05) is 67.1 Å². The van der Waals surface area contributed by atoms with E-state index in [1.165, 1.54) is 30.5 Å². The standard InChI is InChI=1S/C55H54O11.C55H56O10/c1-35(2)54(59)64-33-44(56)31-62-47-23-13-39(14-24-47)51(38-11-21-46(61-6)22-12-38)52(40-15-25-48(26-16-40)63-32-45(57)34-65-55(60)36(3)4)41-17-27-49(28-18-41)66-50-29-19-43(20-30-50)53(58)42-9-7-37(5)8-10-42;1-36(2)54(58)63-34-45(56)32-61-48-25-15-42(16-26-48)52(41-13-23-47(60-6)24-14-41)53(43-17-27-49(28-18-43)62-33-46(57)35-64-55(59)37(3)4)44-19-29-51(30-20-44)65-50-21-11-40(12-22-50)31-39-9-7-38(5)8-10-39/h7-30,44-45,51-52,56-57H,1,3,31-34H2,2,4-6H3;7-30,45-46,52-53,56-57H,1,3,31-35H2,2,4-6H3. The van der Waals surface area contributed by atoms with E-state index < -0.39 is 48.3 Å². The Kier molecular flexibility index (Phi) is 35.5. The lowest BCUT2D eigenvalue weighted by Gasteiger charge is -2.30. The number of methoxy groups -OCH3 is 2. The number of rotatable bonds is 44. The molecule has 0 bridgehead atoms. The van der Waals surface area contributed by atoms with Crippen LogP contribution in [0.3, 0.4) is 0 Å². The Hall–Kier alpha value is -14.6. The van der Waals surface area contributed by atoms with E-state index in [1.807, 2.05) is 213 Å². The van der Waals surface area contributed by atoms with Crippen LogP contribution in [0.4, 0.5) is 0 Å². The van der Waals surface area contributed by atoms with E-state index in [1.54, 1.807) is 52.3 Å². The average molecular weight is 1770 g/mol. The summed E-state index contributed by atoms with van der Waals surface area (Å²) in [7, 11) is 3.26. The van der Waals surface area contributed by atoms with Gasteiger partial charge in [-0.1, -0.05) is 195 Å². The smallest absolute Gasteiger partial charge is 0.333 e. The molecule has 4 N–H and O–H groups in total. The topological polar surface area (TPSA) is 277 Å². The third kappa shape index (κ3) is 29.2. The molecule has 131 heavy (non-hydrogen) atoms. The predicted octanol–water partition coefficient (Wildman–Crippen LogP) is 19.8. The molecule has 0 aliphatic rings. The van der Waals surface area contributed by atoms with Gasteiger partial charge in [-0.05, 0) is 237 Å². The van der Waals surface area contributed by atoms with Gasteiger partial charge in [0.25, 0.3) is 0 Å². The normalized spacial score (nSPS) is 12.7. The molecule has 0 saturated heterocycles. The second-order valence-corrected chi connectivity index (χ2v) is 32.0. The monoisotopic (exact) mass is 1770 g/mol. The summed E-state index contributed by atoms with van der Waals surface area (Å²) in [6.45, 7) is 23.2. The maximum atomic E-state index is 13.1. The molecule has 0 spiro atoms. The average Bonchev–Trinajstić information content (AvgIpc) is 0.780. The molecule has 12 aromatic carbocycles. The largest absolute Gasteiger partial charge is 0.497 e. The number of carbonyl (C=O) groups excluding carboxylic acids is 5. The van der Waals surface area contributed by atoms with E-state index >= 15 is 0 Å². The van der Waals surface area contributed by atoms with Gasteiger partial charge < -0.3 is 77.3 Å². The second kappa shape index (κ2) is 48.0. The zero-order chi connectivity index (χ0) is 93.5. The number of ether oxygens (including phenoxy) is 12. The van der Waals surface area contributed by atoms with Gasteiger partial charge in [-0.3, -0.25) is 4.79 Å². The van der Waals surface area contributed by atoms with Crippen molar-refractivity contribution in [3.8, 4) is 57.5 Å². The number of aliphatic hydroxyl groups excluding tert-OH is 4. The minimum atomic E-state index is -1.05. The van der Waals surface area contributed by atoms with Crippen LogP contribution in [0.5, 0.6) is 57.5 Å². The fraction of sp³-hybridized carbons (Fsp3) is 0.227. The van der Waals surface area contributed by atoms with Gasteiger partial charge in [0, 0.05) is 57.1 Å². The molecule has 21 nitrogen and oxygen atoms in total. The molecular weight excluding hydrogens is 1660 g/mol. The number of hydrogen-bond acceptors (Lipinski definition) is 21. The van der Waals surface area contributed by atoms with Crippen molar-refractivity contribution in [3.05, 3.63) is 418 Å². The minimum absolute atomic E-state index is 0.0677. The highest BCUT2D eigenvalue weighted by atomic mass is 16.6. The van der Waals surface area contributed by atoms with Gasteiger partial charge in [0.05, 0.1) is 14.2 Å². The van der Waals surface area contributed by atoms with Crippen LogP contribution < -0.4 is 37.9 Å². The summed E-state index contributed by atoms with van der Waals surface area (Å²) in [5, 5.41) is 41.7. The molecule has 0 aromatic heterocycles. The zero-order valence-electron chi connectivity index (χ0n) is 74.8. The first-order valence-electron chi connectivity index (χ1n) is 42.8. The number of ketones is 1. The van der Waals surface area contributed by atoms with Crippen molar-refractivity contribution in [1.82, 2.24) is 0 Å². The lowest BCUT2D eigenvalue weighted by molar-refractivity contribution is -0.143. The quantitative estimate of drug-likeness (QED) is 0.0119. The molecule has 676 valence electrons. The van der Waals surface area contributed by atoms with Crippen LogP contribution in [0.15, 0.2) is 340 Å². The summed E-state index contributed by atoms with van der Waals surface area (Å²) >= 11 is 0. The van der Waals surface area contributed by atoms with Crippen molar-refractivity contribution in [1.29, 1.82) is 0 Å². The number of benzene rings is 12. The van der Waals surface area contributed by atoms with Crippen LogP contribution >= 0.6 is 0 Å². The SMILES string of the molecule is C=C(C)C(=O)OCC(O)COc1ccc(C(c2ccc(OC)cc2)C(c2ccc(OCC(O)COC(=O)C(=C)C)cc2)c2ccc(Oc3ccc(C(=O)c4ccc(C)cc4)cc3)cc2)cc1.C=C(C)C(=O)OCC(O)COc1ccc(C(c2ccc(OC)cc2)C(c2ccc(OCC(O)COC(=O)C(=C)C)cc2)c2ccc(Oc3ccc(Cc4ccc(C)cc4)cc3)cc2)cc1. The van der Waals surface area contributed by atoms with E-state index in [0.717, 1.165) is 68.0 Å². The fourth-order valence-electron chi connectivity index (χ4n) is 14.1. The highest BCUT2D eigenvalue weighted by Crippen LogP contribution is 2.47. The van der Waals surface area contributed by atoms with Crippen molar-refractivity contribution in [2.45, 2.75) is 96.1 Å². The number of hydrogen-bond donors (Lipinski definition) is 4. The van der Waals surface area contributed by atoms with Crippen molar-refractivity contribution < 1.29 is 101 Å². The lowest BCUT2D eigenvalue weighted by Crippen LogP contribution is -2.25. The maximum absolute atomic E-state index is 13.1. The molecule has 12 rings (SSSR count). The first kappa shape index (κ1) is 97.0. The fourth-order valence-corrected chi connectivity index (χ4v) is 14.1. The summed E-state index contributed by atoms with van der Waals surface area (Å²) in [4.78, 5) is 60.3. The summed E-state index contributed by atoms with van der Waals surface area (Å²) in [5.74, 6) is 2.72. The maximum Gasteiger partial charge on any atom is 0.333 e. The number of aliphatic hydroxyl groups is 4. The third-order valence-corrected chi connectivity index (χ3v) is 21.2. The molecule has 8 atom stereocenters. The first-order valence-corrected chi connectivity index (χ1v) is 42.8. The Morgan fingerprint density at radius 2 is 0.435 bits per heavy atom. The summed E-state index contributed by atoms with van der Waals surface area (Å²) in [6, 6.07) is 93.9. The van der Waals surface area contributed by atoms with Crippen LogP contribution in [-0.2, 0) is 44.5 Å². The summed E-state index contributed by atoms with van der Waals surface area (Å²) in [6.07, 6.45) is -3.31. The van der Waals surface area contributed by atoms with Gasteiger partial charge in [-0.15, -0.1) is 0 Å². The Morgan fingerprint density at radius 1 is 0.252 bits per heavy atom. The van der Waals surface area contributed by atoms with Crippen molar-refractivity contribution in [3.63, 3.8) is 0 Å². The third-order valence-electron chi connectivity index (χ3n) is 21.2. The van der Waals surface area contributed by atoms with Crippen molar-refractivity contribution >= 4 is 29.7 Å². The molecule has 0 fully saturated rings. The molecule has 0 amide bonds. The van der Waals surface area contributed by atoms with E-state index in [4.69, 9.17) is 56.8 Å². The van der Waals surface area contributed by atoms with Gasteiger partial charge in [0.2, 0.25) is 0 Å². The number of aryl methyl sites for hydroxylation is 2. The highest BCUT2D eigenvalue weighted by molar-refractivity contribution is 6.09. The molecule has 0 heterocycles. The lowest BCUT2D eigenvalue weighted by atomic mass is 9.73.